The van der Waals surface area contributed by atoms with Crippen LogP contribution in [0.25, 0.3) is 0 Å². The Labute approximate surface area is 173 Å². The topological polar surface area (TPSA) is 114 Å². The van der Waals surface area contributed by atoms with Crippen molar-refractivity contribution in [3.8, 4) is 0 Å². The molecule has 0 saturated carbocycles. The number of halogens is 2. The minimum Gasteiger partial charge on any atom is -0.378 e. The van der Waals surface area contributed by atoms with Gasteiger partial charge in [0.2, 0.25) is 10.0 Å². The van der Waals surface area contributed by atoms with Gasteiger partial charge in [-0.25, -0.2) is 13.6 Å². The first kappa shape index (κ1) is 25.9. The van der Waals surface area contributed by atoms with Gasteiger partial charge >= 0.3 is 0 Å². The predicted molar refractivity (Wildman–Crippen MR) is 111 cm³/mol. The average Bonchev–Trinajstić information content (AvgIpc) is 2.59. The Morgan fingerprint density at radius 3 is 2.48 bits per heavy atom. The Balaban J connectivity index is 0.00000338. The van der Waals surface area contributed by atoms with Crippen LogP contribution in [0.1, 0.15) is 24.2 Å². The number of anilines is 1. The number of nitrogens with two attached hydrogens (primary N) is 1. The summed E-state index contributed by atoms with van der Waals surface area (Å²) in [5.41, 5.74) is 0.987. The third kappa shape index (κ3) is 7.44. The van der Waals surface area contributed by atoms with Crippen molar-refractivity contribution in [1.29, 1.82) is 0 Å². The van der Waals surface area contributed by atoms with Crippen molar-refractivity contribution in [3.63, 3.8) is 0 Å². The summed E-state index contributed by atoms with van der Waals surface area (Å²) in [4.78, 5) is 14.6. The number of likely N-dealkylation sites (N-methyl/N-ethyl adjacent to an activating group) is 1. The largest absolute Gasteiger partial charge is 0.378 e. The number of rotatable bonds is 7. The molecule has 11 heteroatoms. The van der Waals surface area contributed by atoms with Crippen molar-refractivity contribution < 1.29 is 17.9 Å². The van der Waals surface area contributed by atoms with Crippen molar-refractivity contribution in [3.05, 3.63) is 23.8 Å². The second-order valence-corrected chi connectivity index (χ2v) is 7.55. The average molecular weight is 443 g/mol. The fourth-order valence-electron chi connectivity index (χ4n) is 2.72. The molecule has 2 rings (SSSR count). The maximum atomic E-state index is 12.7. The minimum atomic E-state index is -3.88. The first-order valence-corrected chi connectivity index (χ1v) is 9.88. The number of benzene rings is 1. The van der Waals surface area contributed by atoms with Crippen LogP contribution in [-0.2, 0) is 14.8 Å². The number of primary sulfonamides is 1. The Morgan fingerprint density at radius 1 is 1.30 bits per heavy atom. The number of carbonyl (C=O) groups excluding carboxylic acids is 1. The van der Waals surface area contributed by atoms with Gasteiger partial charge in [0.1, 0.15) is 0 Å². The molecule has 0 spiro atoms. The van der Waals surface area contributed by atoms with E-state index in [4.69, 9.17) is 9.88 Å². The number of nitrogens with zero attached hydrogens (tertiary/aromatic N) is 1. The number of nitrogens with one attached hydrogen (secondary N) is 2. The molecule has 1 heterocycles. The van der Waals surface area contributed by atoms with Crippen LogP contribution < -0.4 is 20.7 Å². The van der Waals surface area contributed by atoms with Gasteiger partial charge < -0.3 is 20.3 Å². The van der Waals surface area contributed by atoms with E-state index in [1.807, 2.05) is 18.7 Å². The Hall–Kier alpha value is -1.10. The molecule has 1 saturated heterocycles. The summed E-state index contributed by atoms with van der Waals surface area (Å²) >= 11 is 0. The number of sulfonamides is 1. The van der Waals surface area contributed by atoms with Crippen LogP contribution in [0.3, 0.4) is 0 Å². The minimum absolute atomic E-state index is 0. The molecule has 1 aliphatic heterocycles. The van der Waals surface area contributed by atoms with E-state index in [1.54, 1.807) is 6.07 Å². The smallest absolute Gasteiger partial charge is 0.253 e. The lowest BCUT2D eigenvalue weighted by atomic mass is 10.1. The monoisotopic (exact) mass is 442 g/mol. The maximum Gasteiger partial charge on any atom is 0.253 e. The van der Waals surface area contributed by atoms with Gasteiger partial charge in [-0.2, -0.15) is 0 Å². The molecule has 8 nitrogen and oxygen atoms in total. The van der Waals surface area contributed by atoms with E-state index in [-0.39, 0.29) is 41.7 Å². The number of ether oxygens (including phenoxy) is 1. The molecular formula is C16H28Cl2N4O4S. The van der Waals surface area contributed by atoms with Crippen LogP contribution in [-0.4, -0.2) is 59.8 Å². The number of amides is 1. The summed E-state index contributed by atoms with van der Waals surface area (Å²) < 4.78 is 28.6. The van der Waals surface area contributed by atoms with E-state index < -0.39 is 10.0 Å². The molecule has 1 amide bonds. The molecule has 0 aliphatic carbocycles. The van der Waals surface area contributed by atoms with Crippen LogP contribution in [0.4, 0.5) is 5.69 Å². The highest BCUT2D eigenvalue weighted by Gasteiger charge is 2.21. The molecular weight excluding hydrogens is 415 g/mol. The zero-order valence-electron chi connectivity index (χ0n) is 15.4. The van der Waals surface area contributed by atoms with Crippen LogP contribution >= 0.6 is 24.8 Å². The van der Waals surface area contributed by atoms with Gasteiger partial charge in [-0.1, -0.05) is 6.92 Å². The summed E-state index contributed by atoms with van der Waals surface area (Å²) in [6.45, 7) is 7.61. The van der Waals surface area contributed by atoms with Crippen LogP contribution in [0.15, 0.2) is 23.1 Å². The SMILES string of the molecule is CCN[C@H](C)CNC(=O)c1cc(S(N)(=O)=O)ccc1N1CCOCC1.Cl.Cl. The third-order valence-corrected chi connectivity index (χ3v) is 4.93. The number of morpholine rings is 1. The van der Waals surface area contributed by atoms with Crippen molar-refractivity contribution in [2.24, 2.45) is 5.14 Å². The maximum absolute atomic E-state index is 12.7. The molecule has 4 N–H and O–H groups in total. The zero-order valence-corrected chi connectivity index (χ0v) is 17.9. The molecule has 1 atom stereocenters. The Bertz CT molecular complexity index is 712. The van der Waals surface area contributed by atoms with Crippen LogP contribution in [0, 0.1) is 0 Å². The third-order valence-electron chi connectivity index (χ3n) is 4.01. The lowest BCUT2D eigenvalue weighted by molar-refractivity contribution is 0.0948. The second kappa shape index (κ2) is 11.7. The summed E-state index contributed by atoms with van der Waals surface area (Å²) in [5, 5.41) is 11.3. The summed E-state index contributed by atoms with van der Waals surface area (Å²) in [6, 6.07) is 4.52. The second-order valence-electron chi connectivity index (χ2n) is 5.99. The lowest BCUT2D eigenvalue weighted by Crippen LogP contribution is -2.40. The molecule has 1 aromatic carbocycles. The fourth-order valence-corrected chi connectivity index (χ4v) is 3.26. The Morgan fingerprint density at radius 2 is 1.93 bits per heavy atom. The van der Waals surface area contributed by atoms with Crippen LogP contribution in [0.2, 0.25) is 0 Å². The lowest BCUT2D eigenvalue weighted by Gasteiger charge is -2.30. The summed E-state index contributed by atoms with van der Waals surface area (Å²) in [7, 11) is -3.88. The first-order chi connectivity index (χ1) is 11.8. The number of hydrogen-bond donors (Lipinski definition) is 3. The molecule has 0 unspecified atom stereocenters. The summed E-state index contributed by atoms with van der Waals surface area (Å²) in [6.07, 6.45) is 0. The van der Waals surface area contributed by atoms with Crippen LogP contribution in [0.5, 0.6) is 0 Å². The van der Waals surface area contributed by atoms with Gasteiger partial charge in [-0.3, -0.25) is 4.79 Å². The quantitative estimate of drug-likeness (QED) is 0.573. The highest BCUT2D eigenvalue weighted by molar-refractivity contribution is 7.89. The number of hydrogen-bond acceptors (Lipinski definition) is 6. The zero-order chi connectivity index (χ0) is 18.4. The van der Waals surface area contributed by atoms with Crippen molar-refractivity contribution in [2.45, 2.75) is 24.8 Å². The Kier molecular flexibility index (Phi) is 11.2. The van der Waals surface area contributed by atoms with Crippen molar-refractivity contribution in [2.75, 3.05) is 44.3 Å². The molecule has 0 bridgehead atoms. The molecule has 0 radical (unpaired) electrons. The molecule has 1 fully saturated rings. The predicted octanol–water partition coefficient (Wildman–Crippen LogP) is 0.742. The van der Waals surface area contributed by atoms with E-state index in [9.17, 15) is 13.2 Å². The molecule has 0 aromatic heterocycles. The van der Waals surface area contributed by atoms with Gasteiger partial charge in [0.05, 0.1) is 23.7 Å². The van der Waals surface area contributed by atoms with Gasteiger partial charge in [0.25, 0.3) is 5.91 Å². The van der Waals surface area contributed by atoms with Crippen molar-refractivity contribution >= 4 is 46.4 Å². The van der Waals surface area contributed by atoms with Crippen molar-refractivity contribution in [1.82, 2.24) is 10.6 Å². The van der Waals surface area contributed by atoms with E-state index in [0.717, 1.165) is 6.54 Å². The molecule has 1 aromatic rings. The van der Waals surface area contributed by atoms with E-state index >= 15 is 0 Å². The molecule has 1 aliphatic rings. The summed E-state index contributed by atoms with van der Waals surface area (Å²) in [5.74, 6) is -0.322. The van der Waals surface area contributed by atoms with Gasteiger partial charge in [0.15, 0.2) is 0 Å². The van der Waals surface area contributed by atoms with E-state index in [1.165, 1.54) is 12.1 Å². The van der Waals surface area contributed by atoms with Gasteiger partial charge in [0, 0.05) is 31.4 Å². The molecule has 27 heavy (non-hydrogen) atoms. The molecule has 156 valence electrons. The van der Waals surface area contributed by atoms with Gasteiger partial charge in [-0.15, -0.1) is 24.8 Å². The van der Waals surface area contributed by atoms with E-state index in [0.29, 0.717) is 44.1 Å². The number of carbonyl (C=O) groups is 1. The fraction of sp³-hybridized carbons (Fsp3) is 0.562. The highest BCUT2D eigenvalue weighted by atomic mass is 35.5. The first-order valence-electron chi connectivity index (χ1n) is 8.34. The van der Waals surface area contributed by atoms with E-state index in [2.05, 4.69) is 10.6 Å². The standard InChI is InChI=1S/C16H26N4O4S.2ClH/c1-3-18-12(2)11-19-16(21)14-10-13(25(17,22)23)4-5-15(14)20-6-8-24-9-7-20;;/h4-5,10,12,18H,3,6-9,11H2,1-2H3,(H,19,21)(H2,17,22,23);2*1H/t12-;;/m1../s1. The highest BCUT2D eigenvalue weighted by Crippen LogP contribution is 2.24. The van der Waals surface area contributed by atoms with Gasteiger partial charge in [-0.05, 0) is 31.7 Å². The normalized spacial score (nSPS) is 15.3.